The van der Waals surface area contributed by atoms with Gasteiger partial charge in [-0.3, -0.25) is 0 Å². The summed E-state index contributed by atoms with van der Waals surface area (Å²) in [6, 6.07) is 7.37. The molecule has 3 heteroatoms. The summed E-state index contributed by atoms with van der Waals surface area (Å²) in [6.45, 7) is 1.96. The monoisotopic (exact) mass is 177 g/mol. The molecule has 0 saturated heterocycles. The van der Waals surface area contributed by atoms with Crippen LogP contribution in [0.5, 0.6) is 0 Å². The third-order valence-corrected chi connectivity index (χ3v) is 1.66. The minimum Gasteiger partial charge on any atom is -0.478 e. The van der Waals surface area contributed by atoms with Crippen molar-refractivity contribution in [2.24, 2.45) is 5.73 Å². The largest absolute Gasteiger partial charge is 0.478 e. The van der Waals surface area contributed by atoms with Crippen LogP contribution in [0.4, 0.5) is 0 Å². The highest BCUT2D eigenvalue weighted by Gasteiger charge is 1.98. The molecule has 13 heavy (non-hydrogen) atoms. The molecule has 3 N–H and O–H groups in total. The Kier molecular flexibility index (Phi) is 2.69. The molecule has 0 atom stereocenters. The summed E-state index contributed by atoms with van der Waals surface area (Å²) in [6.07, 6.45) is 0.991. The van der Waals surface area contributed by atoms with Gasteiger partial charge in [-0.25, -0.2) is 4.79 Å². The maximum absolute atomic E-state index is 10.3. The van der Waals surface area contributed by atoms with E-state index in [2.05, 4.69) is 0 Å². The van der Waals surface area contributed by atoms with Crippen LogP contribution in [0.25, 0.3) is 5.70 Å². The highest BCUT2D eigenvalue weighted by molar-refractivity contribution is 5.89. The van der Waals surface area contributed by atoms with E-state index < -0.39 is 5.97 Å². The molecular weight excluding hydrogens is 166 g/mol. The fourth-order valence-electron chi connectivity index (χ4n) is 0.962. The molecule has 0 heterocycles. The van der Waals surface area contributed by atoms with E-state index in [1.807, 2.05) is 19.1 Å². The molecule has 0 amide bonds. The van der Waals surface area contributed by atoms with Crippen molar-refractivity contribution < 1.29 is 9.90 Å². The molecule has 0 aromatic heterocycles. The van der Waals surface area contributed by atoms with Gasteiger partial charge in [0.2, 0.25) is 0 Å². The second-order valence-corrected chi connectivity index (χ2v) is 2.80. The van der Waals surface area contributed by atoms with Crippen LogP contribution in [0, 0.1) is 6.92 Å². The molecule has 0 spiro atoms. The molecule has 1 aromatic rings. The molecule has 1 rings (SSSR count). The number of carboxylic acids is 1. The minimum atomic E-state index is -1.03. The summed E-state index contributed by atoms with van der Waals surface area (Å²) in [5.41, 5.74) is 7.64. The van der Waals surface area contributed by atoms with Crippen molar-refractivity contribution in [3.8, 4) is 0 Å². The zero-order valence-electron chi connectivity index (χ0n) is 7.32. The predicted octanol–water partition coefficient (Wildman–Crippen LogP) is 1.38. The minimum absolute atomic E-state index is 0.271. The molecule has 0 radical (unpaired) electrons. The van der Waals surface area contributed by atoms with E-state index >= 15 is 0 Å². The van der Waals surface area contributed by atoms with Crippen molar-refractivity contribution in [2.45, 2.75) is 6.92 Å². The van der Waals surface area contributed by atoms with Crippen LogP contribution in [0.1, 0.15) is 11.1 Å². The van der Waals surface area contributed by atoms with Gasteiger partial charge in [-0.05, 0) is 12.5 Å². The third kappa shape index (κ3) is 2.63. The molecular formula is C10H11NO2. The third-order valence-electron chi connectivity index (χ3n) is 1.66. The lowest BCUT2D eigenvalue weighted by Crippen LogP contribution is -2.00. The predicted molar refractivity (Wildman–Crippen MR) is 51.0 cm³/mol. The number of carbonyl (C=O) groups is 1. The lowest BCUT2D eigenvalue weighted by atomic mass is 10.1. The number of nitrogens with two attached hydrogens (primary N) is 1. The maximum atomic E-state index is 10.3. The Labute approximate surface area is 76.5 Å². The smallest absolute Gasteiger partial charge is 0.330 e. The number of aliphatic carboxylic acids is 1. The van der Waals surface area contributed by atoms with Gasteiger partial charge >= 0.3 is 5.97 Å². The van der Waals surface area contributed by atoms with Crippen molar-refractivity contribution in [3.05, 3.63) is 41.5 Å². The normalized spacial score (nSPS) is 11.3. The molecule has 1 aromatic carbocycles. The van der Waals surface area contributed by atoms with Crippen LogP contribution in [0.15, 0.2) is 30.3 Å². The summed E-state index contributed by atoms with van der Waals surface area (Å²) in [4.78, 5) is 10.3. The summed E-state index contributed by atoms with van der Waals surface area (Å²) < 4.78 is 0. The van der Waals surface area contributed by atoms with Gasteiger partial charge in [0.25, 0.3) is 0 Å². The molecule has 0 fully saturated rings. The van der Waals surface area contributed by atoms with Crippen molar-refractivity contribution in [3.63, 3.8) is 0 Å². The van der Waals surface area contributed by atoms with Crippen molar-refractivity contribution in [2.75, 3.05) is 0 Å². The Bertz CT molecular complexity index is 338. The fraction of sp³-hybridized carbons (Fsp3) is 0.100. The number of carboxylic acid groups (broad SMARTS) is 1. The summed E-state index contributed by atoms with van der Waals surface area (Å²) in [5, 5.41) is 8.44. The van der Waals surface area contributed by atoms with Gasteiger partial charge in [-0.2, -0.15) is 0 Å². The van der Waals surface area contributed by atoms with Gasteiger partial charge in [0.05, 0.1) is 0 Å². The Morgan fingerprint density at radius 1 is 1.38 bits per heavy atom. The van der Waals surface area contributed by atoms with Gasteiger partial charge in [0.15, 0.2) is 0 Å². The second-order valence-electron chi connectivity index (χ2n) is 2.80. The summed E-state index contributed by atoms with van der Waals surface area (Å²) in [7, 11) is 0. The van der Waals surface area contributed by atoms with Gasteiger partial charge in [-0.1, -0.05) is 29.8 Å². The molecule has 3 nitrogen and oxygen atoms in total. The Balaban J connectivity index is 2.96. The lowest BCUT2D eigenvalue weighted by Gasteiger charge is -2.00. The number of rotatable bonds is 2. The topological polar surface area (TPSA) is 63.3 Å². The van der Waals surface area contributed by atoms with Crippen molar-refractivity contribution >= 4 is 11.7 Å². The Morgan fingerprint density at radius 2 is 1.92 bits per heavy atom. The van der Waals surface area contributed by atoms with Crippen LogP contribution < -0.4 is 5.73 Å². The Hall–Kier alpha value is -1.77. The SMILES string of the molecule is Cc1ccc(C(N)=CC(=O)O)cc1. The number of benzene rings is 1. The van der Waals surface area contributed by atoms with Crippen LogP contribution in [0.2, 0.25) is 0 Å². The zero-order chi connectivity index (χ0) is 9.84. The summed E-state index contributed by atoms with van der Waals surface area (Å²) >= 11 is 0. The average molecular weight is 177 g/mol. The van der Waals surface area contributed by atoms with Crippen LogP contribution in [-0.2, 0) is 4.79 Å². The molecule has 0 aliphatic heterocycles. The van der Waals surface area contributed by atoms with Crippen molar-refractivity contribution in [1.82, 2.24) is 0 Å². The highest BCUT2D eigenvalue weighted by Crippen LogP contribution is 2.09. The number of hydrogen-bond donors (Lipinski definition) is 2. The maximum Gasteiger partial charge on any atom is 0.330 e. The molecule has 68 valence electrons. The first-order valence-corrected chi connectivity index (χ1v) is 3.87. The van der Waals surface area contributed by atoms with Crippen LogP contribution in [-0.4, -0.2) is 11.1 Å². The quantitative estimate of drug-likeness (QED) is 0.671. The fourth-order valence-corrected chi connectivity index (χ4v) is 0.962. The lowest BCUT2D eigenvalue weighted by molar-refractivity contribution is -0.131. The van der Waals surface area contributed by atoms with E-state index in [0.29, 0.717) is 0 Å². The van der Waals surface area contributed by atoms with E-state index in [1.165, 1.54) is 0 Å². The average Bonchev–Trinajstić information content (AvgIpc) is 2.04. The van der Waals surface area contributed by atoms with Crippen LogP contribution in [0.3, 0.4) is 0 Å². The van der Waals surface area contributed by atoms with Gasteiger partial charge < -0.3 is 10.8 Å². The van der Waals surface area contributed by atoms with Gasteiger partial charge in [0, 0.05) is 11.8 Å². The van der Waals surface area contributed by atoms with Gasteiger partial charge in [0.1, 0.15) is 0 Å². The molecule has 0 saturated carbocycles. The second kappa shape index (κ2) is 3.76. The molecule has 0 bridgehead atoms. The van der Waals surface area contributed by atoms with E-state index in [9.17, 15) is 4.79 Å². The highest BCUT2D eigenvalue weighted by atomic mass is 16.4. The Morgan fingerprint density at radius 3 is 2.38 bits per heavy atom. The first kappa shape index (κ1) is 9.32. The van der Waals surface area contributed by atoms with Crippen LogP contribution >= 0.6 is 0 Å². The number of aryl methyl sites for hydroxylation is 1. The number of hydrogen-bond acceptors (Lipinski definition) is 2. The first-order valence-electron chi connectivity index (χ1n) is 3.87. The van der Waals surface area contributed by atoms with Gasteiger partial charge in [-0.15, -0.1) is 0 Å². The van der Waals surface area contributed by atoms with E-state index in [1.54, 1.807) is 12.1 Å². The zero-order valence-corrected chi connectivity index (χ0v) is 7.32. The summed E-state index contributed by atoms with van der Waals surface area (Å²) in [5.74, 6) is -1.03. The molecule has 0 unspecified atom stereocenters. The van der Waals surface area contributed by atoms with E-state index in [0.717, 1.165) is 17.2 Å². The molecule has 0 aliphatic carbocycles. The van der Waals surface area contributed by atoms with E-state index in [-0.39, 0.29) is 5.70 Å². The molecule has 0 aliphatic rings. The standard InChI is InChI=1S/C10H11NO2/c1-7-2-4-8(5-3-7)9(11)6-10(12)13/h2-6H,11H2,1H3,(H,12,13). The first-order chi connectivity index (χ1) is 6.09. The van der Waals surface area contributed by atoms with Crippen molar-refractivity contribution in [1.29, 1.82) is 0 Å². The van der Waals surface area contributed by atoms with E-state index in [4.69, 9.17) is 10.8 Å².